The second-order valence-corrected chi connectivity index (χ2v) is 6.77. The lowest BCUT2D eigenvalue weighted by Gasteiger charge is -2.15. The predicted molar refractivity (Wildman–Crippen MR) is 105 cm³/mol. The summed E-state index contributed by atoms with van der Waals surface area (Å²) in [6.45, 7) is 7.65. The van der Waals surface area contributed by atoms with Crippen molar-refractivity contribution in [2.24, 2.45) is 0 Å². The first-order valence-corrected chi connectivity index (χ1v) is 8.57. The van der Waals surface area contributed by atoms with Crippen LogP contribution in [0, 0.1) is 6.92 Å². The van der Waals surface area contributed by atoms with Crippen LogP contribution in [0.5, 0.6) is 11.5 Å². The van der Waals surface area contributed by atoms with Gasteiger partial charge >= 0.3 is 0 Å². The van der Waals surface area contributed by atoms with Gasteiger partial charge in [-0.1, -0.05) is 43.7 Å². The van der Waals surface area contributed by atoms with E-state index in [1.807, 2.05) is 6.07 Å². The topological polar surface area (TPSA) is 30.5 Å². The van der Waals surface area contributed by atoms with Crippen molar-refractivity contribution in [2.75, 3.05) is 7.11 Å². The van der Waals surface area contributed by atoms with E-state index in [-0.39, 0.29) is 12.4 Å². The Kier molecular flexibility index (Phi) is 8.60. The van der Waals surface area contributed by atoms with Gasteiger partial charge in [-0.3, -0.25) is 0 Å². The lowest BCUT2D eigenvalue weighted by Crippen LogP contribution is -2.21. The van der Waals surface area contributed by atoms with Crippen molar-refractivity contribution in [3.63, 3.8) is 0 Å². The van der Waals surface area contributed by atoms with Crippen LogP contribution in [0.25, 0.3) is 0 Å². The van der Waals surface area contributed by atoms with E-state index in [0.717, 1.165) is 33.6 Å². The third-order valence-electron chi connectivity index (χ3n) is 3.51. The van der Waals surface area contributed by atoms with Crippen LogP contribution in [0.1, 0.15) is 30.5 Å². The Hall–Kier alpha value is -1.23. The number of hydrogen-bond acceptors (Lipinski definition) is 3. The Morgan fingerprint density at radius 1 is 1.08 bits per heavy atom. The maximum absolute atomic E-state index is 5.97. The zero-order valence-electron chi connectivity index (χ0n) is 14.6. The molecular formula is C19H25BrClNO2. The molecule has 0 fully saturated rings. The molecule has 0 saturated carbocycles. The number of ether oxygens (including phenoxy) is 2. The van der Waals surface area contributed by atoms with Crippen LogP contribution in [-0.2, 0) is 13.2 Å². The van der Waals surface area contributed by atoms with Crippen LogP contribution >= 0.6 is 28.3 Å². The van der Waals surface area contributed by atoms with E-state index in [1.54, 1.807) is 7.11 Å². The van der Waals surface area contributed by atoms with E-state index in [9.17, 15) is 0 Å². The molecule has 0 aliphatic carbocycles. The van der Waals surface area contributed by atoms with Gasteiger partial charge in [0.05, 0.1) is 11.6 Å². The largest absolute Gasteiger partial charge is 0.493 e. The van der Waals surface area contributed by atoms with E-state index in [0.29, 0.717) is 12.6 Å². The summed E-state index contributed by atoms with van der Waals surface area (Å²) in [6.07, 6.45) is 0. The fraction of sp³-hybridized carbons (Fsp3) is 0.368. The van der Waals surface area contributed by atoms with Gasteiger partial charge in [0.15, 0.2) is 11.5 Å². The van der Waals surface area contributed by atoms with Gasteiger partial charge in [-0.15, -0.1) is 12.4 Å². The third kappa shape index (κ3) is 6.00. The molecule has 0 heterocycles. The molecule has 0 aliphatic heterocycles. The maximum atomic E-state index is 5.97. The van der Waals surface area contributed by atoms with E-state index in [1.165, 1.54) is 5.56 Å². The van der Waals surface area contributed by atoms with Crippen LogP contribution < -0.4 is 14.8 Å². The summed E-state index contributed by atoms with van der Waals surface area (Å²) in [6, 6.07) is 12.9. The number of benzene rings is 2. The Morgan fingerprint density at radius 3 is 2.33 bits per heavy atom. The highest BCUT2D eigenvalue weighted by atomic mass is 79.9. The zero-order chi connectivity index (χ0) is 16.8. The van der Waals surface area contributed by atoms with Crippen molar-refractivity contribution in [1.29, 1.82) is 0 Å². The average molecular weight is 415 g/mol. The minimum absolute atomic E-state index is 0. The van der Waals surface area contributed by atoms with Gasteiger partial charge in [-0.25, -0.2) is 0 Å². The quantitative estimate of drug-likeness (QED) is 0.670. The number of rotatable bonds is 7. The van der Waals surface area contributed by atoms with Gasteiger partial charge in [0.2, 0.25) is 0 Å². The molecule has 0 atom stereocenters. The highest BCUT2D eigenvalue weighted by Gasteiger charge is 2.12. The Morgan fingerprint density at radius 2 is 1.75 bits per heavy atom. The third-order valence-corrected chi connectivity index (χ3v) is 4.10. The molecule has 0 saturated heterocycles. The van der Waals surface area contributed by atoms with Crippen molar-refractivity contribution < 1.29 is 9.47 Å². The number of hydrogen-bond donors (Lipinski definition) is 1. The van der Waals surface area contributed by atoms with Crippen LogP contribution in [0.4, 0.5) is 0 Å². The normalized spacial score (nSPS) is 10.4. The standard InChI is InChI=1S/C19H24BrNO2.ClH/c1-13(2)21-11-16-9-17(20)19(18(10-16)22-4)23-12-15-7-5-14(3)6-8-15;/h5-10,13,21H,11-12H2,1-4H3;1H. The molecule has 2 aromatic rings. The SMILES string of the molecule is COc1cc(CNC(C)C)cc(Br)c1OCc1ccc(C)cc1.Cl. The Balaban J connectivity index is 0.00000288. The van der Waals surface area contributed by atoms with Gasteiger partial charge in [0.25, 0.3) is 0 Å². The van der Waals surface area contributed by atoms with Crippen LogP contribution in [-0.4, -0.2) is 13.2 Å². The predicted octanol–water partition coefficient (Wildman–Crippen LogP) is 5.26. The van der Waals surface area contributed by atoms with Crippen molar-refractivity contribution in [2.45, 2.75) is 40.0 Å². The molecule has 24 heavy (non-hydrogen) atoms. The minimum atomic E-state index is 0. The van der Waals surface area contributed by atoms with Crippen LogP contribution in [0.3, 0.4) is 0 Å². The Labute approximate surface area is 159 Å². The summed E-state index contributed by atoms with van der Waals surface area (Å²) >= 11 is 3.60. The van der Waals surface area contributed by atoms with E-state index in [4.69, 9.17) is 9.47 Å². The fourth-order valence-corrected chi connectivity index (χ4v) is 2.78. The number of nitrogens with one attached hydrogen (secondary N) is 1. The summed E-state index contributed by atoms with van der Waals surface area (Å²) in [7, 11) is 1.67. The van der Waals surface area contributed by atoms with E-state index < -0.39 is 0 Å². The molecule has 2 rings (SSSR count). The van der Waals surface area contributed by atoms with E-state index in [2.05, 4.69) is 72.3 Å². The first-order valence-electron chi connectivity index (χ1n) is 7.77. The molecule has 0 unspecified atom stereocenters. The van der Waals surface area contributed by atoms with Gasteiger partial charge in [0.1, 0.15) is 6.61 Å². The molecule has 0 amide bonds. The molecule has 0 aliphatic rings. The minimum Gasteiger partial charge on any atom is -0.493 e. The summed E-state index contributed by atoms with van der Waals surface area (Å²) in [5.74, 6) is 1.48. The summed E-state index contributed by atoms with van der Waals surface area (Å²) in [5, 5.41) is 3.41. The molecule has 3 nitrogen and oxygen atoms in total. The number of aryl methyl sites for hydroxylation is 1. The molecular weight excluding hydrogens is 390 g/mol. The van der Waals surface area contributed by atoms with Gasteiger partial charge in [-0.05, 0) is 46.1 Å². The summed E-state index contributed by atoms with van der Waals surface area (Å²) < 4.78 is 12.4. The molecule has 0 radical (unpaired) electrons. The maximum Gasteiger partial charge on any atom is 0.175 e. The van der Waals surface area contributed by atoms with E-state index >= 15 is 0 Å². The lowest BCUT2D eigenvalue weighted by atomic mass is 10.1. The number of methoxy groups -OCH3 is 1. The van der Waals surface area contributed by atoms with Crippen molar-refractivity contribution in [1.82, 2.24) is 5.32 Å². The second-order valence-electron chi connectivity index (χ2n) is 5.92. The average Bonchev–Trinajstić information content (AvgIpc) is 2.53. The second kappa shape index (κ2) is 9.92. The molecule has 5 heteroatoms. The van der Waals surface area contributed by atoms with Gasteiger partial charge in [-0.2, -0.15) is 0 Å². The van der Waals surface area contributed by atoms with Crippen molar-refractivity contribution in [3.8, 4) is 11.5 Å². The summed E-state index contributed by atoms with van der Waals surface area (Å²) in [4.78, 5) is 0. The molecule has 0 aromatic heterocycles. The smallest absolute Gasteiger partial charge is 0.175 e. The van der Waals surface area contributed by atoms with Crippen molar-refractivity contribution >= 4 is 28.3 Å². The van der Waals surface area contributed by atoms with Gasteiger partial charge < -0.3 is 14.8 Å². The monoisotopic (exact) mass is 413 g/mol. The molecule has 1 N–H and O–H groups in total. The molecule has 0 bridgehead atoms. The highest BCUT2D eigenvalue weighted by Crippen LogP contribution is 2.37. The van der Waals surface area contributed by atoms with Crippen molar-refractivity contribution in [3.05, 3.63) is 57.6 Å². The lowest BCUT2D eigenvalue weighted by molar-refractivity contribution is 0.282. The highest BCUT2D eigenvalue weighted by molar-refractivity contribution is 9.10. The fourth-order valence-electron chi connectivity index (χ4n) is 2.18. The van der Waals surface area contributed by atoms with Crippen LogP contribution in [0.2, 0.25) is 0 Å². The molecule has 132 valence electrons. The molecule has 2 aromatic carbocycles. The zero-order valence-corrected chi connectivity index (χ0v) is 17.0. The first kappa shape index (κ1) is 20.8. The summed E-state index contributed by atoms with van der Waals surface area (Å²) in [5.41, 5.74) is 3.54. The molecule has 0 spiro atoms. The Bertz CT molecular complexity index is 645. The van der Waals surface area contributed by atoms with Crippen LogP contribution in [0.15, 0.2) is 40.9 Å². The van der Waals surface area contributed by atoms with Gasteiger partial charge in [0, 0.05) is 12.6 Å². The first-order chi connectivity index (χ1) is 11.0. The number of halogens is 2.